The highest BCUT2D eigenvalue weighted by atomic mass is 32.2. The van der Waals surface area contributed by atoms with Gasteiger partial charge in [0.2, 0.25) is 0 Å². The van der Waals surface area contributed by atoms with Gasteiger partial charge in [0.1, 0.15) is 0 Å². The highest BCUT2D eigenvalue weighted by Crippen LogP contribution is 2.17. The number of nitrogens with one attached hydrogen (secondary N) is 1. The van der Waals surface area contributed by atoms with Gasteiger partial charge < -0.3 is 5.32 Å². The zero-order valence-electron chi connectivity index (χ0n) is 7.37. The van der Waals surface area contributed by atoms with Gasteiger partial charge in [0.05, 0.1) is 6.54 Å². The maximum Gasteiger partial charge on any atom is 0.156 e. The molecule has 70 valence electrons. The van der Waals surface area contributed by atoms with E-state index < -0.39 is 10.8 Å². The van der Waals surface area contributed by atoms with Crippen LogP contribution in [0.25, 0.3) is 0 Å². The van der Waals surface area contributed by atoms with E-state index >= 15 is 0 Å². The molecular formula is C7H14N2OS2. The first-order valence-corrected chi connectivity index (χ1v) is 6.54. The molecule has 5 heteroatoms. The molecule has 0 spiro atoms. The number of hydrogen-bond donors (Lipinski definition) is 1. The summed E-state index contributed by atoms with van der Waals surface area (Å²) in [5.41, 5.74) is 0. The summed E-state index contributed by atoms with van der Waals surface area (Å²) >= 11 is 1.76. The molecule has 0 saturated heterocycles. The minimum absolute atomic E-state index is 0.597. The van der Waals surface area contributed by atoms with Crippen LogP contribution in [0.15, 0.2) is 4.99 Å². The lowest BCUT2D eigenvalue weighted by Crippen LogP contribution is -2.24. The minimum Gasteiger partial charge on any atom is -0.364 e. The number of nitrogens with zero attached hydrogens (tertiary/aromatic N) is 1. The molecule has 3 nitrogen and oxygen atoms in total. The van der Waals surface area contributed by atoms with Crippen molar-refractivity contribution in [2.24, 2.45) is 4.99 Å². The molecule has 1 heterocycles. The molecule has 1 rings (SSSR count). The second-order valence-corrected chi connectivity index (χ2v) is 5.76. The van der Waals surface area contributed by atoms with Crippen molar-refractivity contribution in [3.05, 3.63) is 0 Å². The summed E-state index contributed by atoms with van der Waals surface area (Å²) in [6.45, 7) is 3.82. The van der Waals surface area contributed by atoms with E-state index in [0.717, 1.165) is 18.3 Å². The largest absolute Gasteiger partial charge is 0.364 e. The lowest BCUT2D eigenvalue weighted by Gasteiger charge is -2.03. The van der Waals surface area contributed by atoms with Crippen molar-refractivity contribution in [1.82, 2.24) is 5.32 Å². The van der Waals surface area contributed by atoms with Gasteiger partial charge in [-0.05, 0) is 0 Å². The number of hydrogen-bond acceptors (Lipinski definition) is 4. The minimum atomic E-state index is -0.701. The Morgan fingerprint density at radius 2 is 2.58 bits per heavy atom. The fourth-order valence-electron chi connectivity index (χ4n) is 0.876. The molecule has 0 amide bonds. The number of rotatable bonds is 3. The molecule has 1 N–H and O–H groups in total. The second kappa shape index (κ2) is 4.87. The Hall–Kier alpha value is -0.0300. The number of amidine groups is 1. The highest BCUT2D eigenvalue weighted by molar-refractivity contribution is 8.14. The fourth-order valence-corrected chi connectivity index (χ4v) is 2.13. The van der Waals surface area contributed by atoms with Gasteiger partial charge in [-0.1, -0.05) is 18.7 Å². The summed E-state index contributed by atoms with van der Waals surface area (Å²) in [5.74, 6) is 0.702. The first kappa shape index (κ1) is 10.1. The molecule has 0 radical (unpaired) electrons. The third-order valence-electron chi connectivity index (χ3n) is 1.47. The van der Waals surface area contributed by atoms with Crippen molar-refractivity contribution in [1.29, 1.82) is 0 Å². The molecule has 0 aromatic carbocycles. The lowest BCUT2D eigenvalue weighted by atomic mass is 10.5. The number of aliphatic imine (C=N–C) groups is 1. The Kier molecular flexibility index (Phi) is 4.08. The van der Waals surface area contributed by atoms with Gasteiger partial charge in [-0.3, -0.25) is 9.20 Å². The van der Waals surface area contributed by atoms with Gasteiger partial charge in [-0.15, -0.1) is 0 Å². The molecule has 0 aromatic rings. The molecule has 1 aliphatic heterocycles. The van der Waals surface area contributed by atoms with Crippen LogP contribution in [0.3, 0.4) is 0 Å². The first-order valence-electron chi connectivity index (χ1n) is 3.93. The van der Waals surface area contributed by atoms with E-state index in [9.17, 15) is 4.21 Å². The zero-order valence-corrected chi connectivity index (χ0v) is 9.00. The molecule has 0 saturated carbocycles. The van der Waals surface area contributed by atoms with Crippen LogP contribution >= 0.6 is 11.8 Å². The van der Waals surface area contributed by atoms with Crippen LogP contribution < -0.4 is 5.32 Å². The predicted octanol–water partition coefficient (Wildman–Crippen LogP) is 0.446. The van der Waals surface area contributed by atoms with Crippen LogP contribution in [0.2, 0.25) is 0 Å². The van der Waals surface area contributed by atoms with Crippen LogP contribution in [0, 0.1) is 0 Å². The molecule has 0 aliphatic carbocycles. The van der Waals surface area contributed by atoms with E-state index in [0.29, 0.717) is 11.0 Å². The van der Waals surface area contributed by atoms with Crippen molar-refractivity contribution >= 4 is 27.7 Å². The Morgan fingerprint density at radius 1 is 1.83 bits per heavy atom. The average molecular weight is 206 g/mol. The molecule has 2 atom stereocenters. The van der Waals surface area contributed by atoms with Crippen molar-refractivity contribution < 1.29 is 4.21 Å². The summed E-state index contributed by atoms with van der Waals surface area (Å²) in [6, 6.07) is 0. The van der Waals surface area contributed by atoms with Gasteiger partial charge in [0.15, 0.2) is 5.17 Å². The number of thioether (sulfide) groups is 1. The summed E-state index contributed by atoms with van der Waals surface area (Å²) in [5, 5.41) is 4.77. The van der Waals surface area contributed by atoms with Crippen molar-refractivity contribution in [2.75, 3.05) is 25.1 Å². The quantitative estimate of drug-likeness (QED) is 0.729. The van der Waals surface area contributed by atoms with E-state index in [-0.39, 0.29) is 0 Å². The third kappa shape index (κ3) is 3.58. The van der Waals surface area contributed by atoms with Gasteiger partial charge in [0, 0.05) is 34.6 Å². The monoisotopic (exact) mass is 206 g/mol. The molecule has 0 bridgehead atoms. The van der Waals surface area contributed by atoms with Crippen molar-refractivity contribution in [3.63, 3.8) is 0 Å². The molecule has 12 heavy (non-hydrogen) atoms. The van der Waals surface area contributed by atoms with Crippen LogP contribution in [0.4, 0.5) is 0 Å². The SMILES string of the molecule is CC1CN=C(NCCS(C)=O)S1. The first-order chi connectivity index (χ1) is 5.68. The average Bonchev–Trinajstić information content (AvgIpc) is 2.35. The maximum atomic E-state index is 10.7. The second-order valence-electron chi connectivity index (χ2n) is 2.78. The summed E-state index contributed by atoms with van der Waals surface area (Å²) < 4.78 is 10.7. The van der Waals surface area contributed by atoms with E-state index in [2.05, 4.69) is 17.2 Å². The molecule has 1 aliphatic rings. The van der Waals surface area contributed by atoms with Crippen LogP contribution in [0.5, 0.6) is 0 Å². The fraction of sp³-hybridized carbons (Fsp3) is 0.857. The molecule has 0 aromatic heterocycles. The van der Waals surface area contributed by atoms with Gasteiger partial charge in [-0.2, -0.15) is 0 Å². The highest BCUT2D eigenvalue weighted by Gasteiger charge is 2.13. The topological polar surface area (TPSA) is 41.5 Å². The Balaban J connectivity index is 2.12. The Morgan fingerprint density at radius 3 is 3.08 bits per heavy atom. The summed E-state index contributed by atoms with van der Waals surface area (Å²) in [7, 11) is -0.701. The van der Waals surface area contributed by atoms with Gasteiger partial charge in [0.25, 0.3) is 0 Å². The van der Waals surface area contributed by atoms with E-state index in [1.165, 1.54) is 0 Å². The van der Waals surface area contributed by atoms with Crippen LogP contribution in [-0.4, -0.2) is 39.7 Å². The van der Waals surface area contributed by atoms with E-state index in [1.54, 1.807) is 18.0 Å². The maximum absolute atomic E-state index is 10.7. The Bertz CT molecular complexity index is 206. The third-order valence-corrected chi connectivity index (χ3v) is 3.30. The van der Waals surface area contributed by atoms with Crippen molar-refractivity contribution in [3.8, 4) is 0 Å². The van der Waals surface area contributed by atoms with E-state index in [1.807, 2.05) is 0 Å². The molecular weight excluding hydrogens is 192 g/mol. The van der Waals surface area contributed by atoms with Crippen molar-refractivity contribution in [2.45, 2.75) is 12.2 Å². The summed E-state index contributed by atoms with van der Waals surface area (Å²) in [6.07, 6.45) is 1.72. The van der Waals surface area contributed by atoms with Crippen LogP contribution in [-0.2, 0) is 10.8 Å². The van der Waals surface area contributed by atoms with Crippen LogP contribution in [0.1, 0.15) is 6.92 Å². The zero-order chi connectivity index (χ0) is 8.97. The smallest absolute Gasteiger partial charge is 0.156 e. The standard InChI is InChI=1S/C7H14N2OS2/c1-6-5-9-7(11-6)8-3-4-12(2)10/h6H,3-5H2,1-2H3,(H,8,9). The molecule has 2 unspecified atom stereocenters. The van der Waals surface area contributed by atoms with Gasteiger partial charge in [-0.25, -0.2) is 0 Å². The van der Waals surface area contributed by atoms with E-state index in [4.69, 9.17) is 0 Å². The normalized spacial score (nSPS) is 25.2. The lowest BCUT2D eigenvalue weighted by molar-refractivity contribution is 0.685. The Labute approximate surface area is 79.9 Å². The predicted molar refractivity (Wildman–Crippen MR) is 56.3 cm³/mol. The molecule has 0 fully saturated rings. The van der Waals surface area contributed by atoms with Gasteiger partial charge >= 0.3 is 0 Å². The summed E-state index contributed by atoms with van der Waals surface area (Å²) in [4.78, 5) is 4.28.